The van der Waals surface area contributed by atoms with E-state index in [0.717, 1.165) is 6.42 Å². The van der Waals surface area contributed by atoms with Gasteiger partial charge in [-0.25, -0.2) is 4.57 Å². The molecule has 0 fully saturated rings. The van der Waals surface area contributed by atoms with Gasteiger partial charge in [0.2, 0.25) is 0 Å². The first-order chi connectivity index (χ1) is 10.8. The zero-order chi connectivity index (χ0) is 17.5. The Morgan fingerprint density at radius 2 is 1.70 bits per heavy atom. The van der Waals surface area contributed by atoms with Gasteiger partial charge in [0.15, 0.2) is 5.60 Å². The molecule has 0 aliphatic rings. The van der Waals surface area contributed by atoms with Crippen molar-refractivity contribution < 1.29 is 18.1 Å². The van der Waals surface area contributed by atoms with E-state index in [1.54, 1.807) is 20.8 Å². The molecule has 0 aromatic heterocycles. The quantitative estimate of drug-likeness (QED) is 0.603. The van der Waals surface area contributed by atoms with Gasteiger partial charge in [-0.2, -0.15) is 5.26 Å². The molecule has 0 spiro atoms. The maximum atomic E-state index is 12.6. The van der Waals surface area contributed by atoms with E-state index in [1.165, 1.54) is 5.56 Å². The van der Waals surface area contributed by atoms with Gasteiger partial charge in [-0.05, 0) is 44.2 Å². The van der Waals surface area contributed by atoms with Gasteiger partial charge in [0, 0.05) is 0 Å². The minimum absolute atomic E-state index is 0.173. The SMILES string of the molecule is CCOP(=O)(OCC)OC(C)(C#N)c1ccc(CC(C)C)cc1. The van der Waals surface area contributed by atoms with Gasteiger partial charge in [-0.1, -0.05) is 38.1 Å². The highest BCUT2D eigenvalue weighted by Gasteiger charge is 2.39. The summed E-state index contributed by atoms with van der Waals surface area (Å²) in [5.41, 5.74) is 0.393. The van der Waals surface area contributed by atoms with Gasteiger partial charge in [0.1, 0.15) is 6.07 Å². The molecule has 1 rings (SSSR count). The van der Waals surface area contributed by atoms with Crippen LogP contribution in [0.4, 0.5) is 0 Å². The molecule has 1 aromatic carbocycles. The summed E-state index contributed by atoms with van der Waals surface area (Å²) in [4.78, 5) is 0. The number of hydrogen-bond donors (Lipinski definition) is 0. The smallest absolute Gasteiger partial charge is 0.287 e. The fourth-order valence-electron chi connectivity index (χ4n) is 2.20. The maximum Gasteiger partial charge on any atom is 0.476 e. The molecular formula is C17H26NO4P. The average molecular weight is 339 g/mol. The number of phosphoric ester groups is 1. The normalized spacial score (nSPS) is 14.5. The first-order valence-corrected chi connectivity index (χ1v) is 9.35. The lowest BCUT2D eigenvalue weighted by molar-refractivity contribution is 0.0555. The van der Waals surface area contributed by atoms with E-state index in [2.05, 4.69) is 19.9 Å². The number of nitrogens with zero attached hydrogens (tertiary/aromatic N) is 1. The molecule has 1 unspecified atom stereocenters. The average Bonchev–Trinajstić information content (AvgIpc) is 2.47. The van der Waals surface area contributed by atoms with Crippen LogP contribution < -0.4 is 0 Å². The molecule has 23 heavy (non-hydrogen) atoms. The predicted octanol–water partition coefficient (Wildman–Crippen LogP) is 4.82. The Hall–Kier alpha value is -1.18. The van der Waals surface area contributed by atoms with Crippen molar-refractivity contribution in [1.29, 1.82) is 5.26 Å². The molecule has 0 saturated carbocycles. The highest BCUT2D eigenvalue weighted by molar-refractivity contribution is 7.48. The van der Waals surface area contributed by atoms with Crippen LogP contribution in [0.1, 0.15) is 45.7 Å². The summed E-state index contributed by atoms with van der Waals surface area (Å²) >= 11 is 0. The Bertz CT molecular complexity index is 569. The van der Waals surface area contributed by atoms with Crippen LogP contribution in [0, 0.1) is 17.2 Å². The van der Waals surface area contributed by atoms with Crippen molar-refractivity contribution in [3.8, 4) is 6.07 Å². The van der Waals surface area contributed by atoms with Crippen LogP contribution in [0.5, 0.6) is 0 Å². The number of rotatable bonds is 9. The third-order valence-corrected chi connectivity index (χ3v) is 4.97. The van der Waals surface area contributed by atoms with Crippen LogP contribution in [-0.4, -0.2) is 13.2 Å². The van der Waals surface area contributed by atoms with Gasteiger partial charge in [0.05, 0.1) is 13.2 Å². The van der Waals surface area contributed by atoms with Crippen LogP contribution in [0.25, 0.3) is 0 Å². The van der Waals surface area contributed by atoms with Crippen molar-refractivity contribution in [2.75, 3.05) is 13.2 Å². The first-order valence-electron chi connectivity index (χ1n) is 7.89. The van der Waals surface area contributed by atoms with Crippen LogP contribution in [0.2, 0.25) is 0 Å². The van der Waals surface area contributed by atoms with Crippen LogP contribution in [0.15, 0.2) is 24.3 Å². The van der Waals surface area contributed by atoms with Crippen LogP contribution >= 0.6 is 7.82 Å². The fourth-order valence-corrected chi connectivity index (χ4v) is 3.60. The molecule has 0 amide bonds. The number of hydrogen-bond acceptors (Lipinski definition) is 5. The van der Waals surface area contributed by atoms with Crippen molar-refractivity contribution in [1.82, 2.24) is 0 Å². The molecule has 6 heteroatoms. The van der Waals surface area contributed by atoms with E-state index in [1.807, 2.05) is 24.3 Å². The molecule has 0 radical (unpaired) electrons. The monoisotopic (exact) mass is 339 g/mol. The summed E-state index contributed by atoms with van der Waals surface area (Å²) in [6.45, 7) is 9.60. The molecular weight excluding hydrogens is 313 g/mol. The van der Waals surface area contributed by atoms with Crippen LogP contribution in [-0.2, 0) is 30.2 Å². The Morgan fingerprint density at radius 3 is 2.09 bits per heavy atom. The summed E-state index contributed by atoms with van der Waals surface area (Å²) in [6.07, 6.45) is 0.959. The third-order valence-electron chi connectivity index (χ3n) is 3.23. The molecule has 1 aromatic rings. The molecule has 128 valence electrons. The number of phosphoric acid groups is 1. The summed E-state index contributed by atoms with van der Waals surface area (Å²) in [6, 6.07) is 9.64. The molecule has 5 nitrogen and oxygen atoms in total. The van der Waals surface area contributed by atoms with Gasteiger partial charge in [0.25, 0.3) is 0 Å². The zero-order valence-electron chi connectivity index (χ0n) is 14.5. The molecule has 0 saturated heterocycles. The Morgan fingerprint density at radius 1 is 1.17 bits per heavy atom. The van der Waals surface area contributed by atoms with E-state index in [9.17, 15) is 9.83 Å². The maximum absolute atomic E-state index is 12.6. The van der Waals surface area contributed by atoms with E-state index < -0.39 is 13.4 Å². The highest BCUT2D eigenvalue weighted by Crippen LogP contribution is 2.54. The summed E-state index contributed by atoms with van der Waals surface area (Å²) in [5, 5.41) is 9.55. The zero-order valence-corrected chi connectivity index (χ0v) is 15.4. The van der Waals surface area contributed by atoms with Gasteiger partial charge < -0.3 is 0 Å². The third kappa shape index (κ3) is 5.75. The van der Waals surface area contributed by atoms with E-state index in [0.29, 0.717) is 11.5 Å². The van der Waals surface area contributed by atoms with Crippen molar-refractivity contribution in [3.05, 3.63) is 35.4 Å². The molecule has 0 aliphatic carbocycles. The molecule has 1 atom stereocenters. The molecule has 0 heterocycles. The van der Waals surface area contributed by atoms with E-state index >= 15 is 0 Å². The van der Waals surface area contributed by atoms with Gasteiger partial charge in [-0.15, -0.1) is 0 Å². The predicted molar refractivity (Wildman–Crippen MR) is 89.9 cm³/mol. The molecule has 0 bridgehead atoms. The summed E-state index contributed by atoms with van der Waals surface area (Å²) in [5.74, 6) is 0.551. The number of benzene rings is 1. The topological polar surface area (TPSA) is 68.6 Å². The second-order valence-corrected chi connectivity index (χ2v) is 7.41. The van der Waals surface area contributed by atoms with Gasteiger partial charge >= 0.3 is 7.82 Å². The fraction of sp³-hybridized carbons (Fsp3) is 0.588. The Labute approximate surface area is 139 Å². The number of nitriles is 1. The lowest BCUT2D eigenvalue weighted by atomic mass is 9.95. The summed E-state index contributed by atoms with van der Waals surface area (Å²) < 4.78 is 28.3. The minimum Gasteiger partial charge on any atom is -0.287 e. The molecule has 0 N–H and O–H groups in total. The van der Waals surface area contributed by atoms with Crippen molar-refractivity contribution in [3.63, 3.8) is 0 Å². The largest absolute Gasteiger partial charge is 0.476 e. The van der Waals surface area contributed by atoms with Gasteiger partial charge in [-0.3, -0.25) is 13.6 Å². The van der Waals surface area contributed by atoms with Crippen molar-refractivity contribution in [2.45, 2.75) is 46.6 Å². The minimum atomic E-state index is -3.78. The summed E-state index contributed by atoms with van der Waals surface area (Å²) in [7, 11) is -3.78. The Balaban J connectivity index is 3.04. The standard InChI is InChI=1S/C17H26NO4P/c1-6-20-23(19,21-7-2)22-17(5,13-18)16-10-8-15(9-11-16)12-14(3)4/h8-11,14H,6-7,12H2,1-5H3. The van der Waals surface area contributed by atoms with Crippen molar-refractivity contribution in [2.24, 2.45) is 5.92 Å². The van der Waals surface area contributed by atoms with E-state index in [-0.39, 0.29) is 13.2 Å². The van der Waals surface area contributed by atoms with Crippen LogP contribution in [0.3, 0.4) is 0 Å². The lowest BCUT2D eigenvalue weighted by Gasteiger charge is -2.27. The first kappa shape index (κ1) is 19.9. The second-order valence-electron chi connectivity index (χ2n) is 5.81. The van der Waals surface area contributed by atoms with E-state index in [4.69, 9.17) is 13.6 Å². The van der Waals surface area contributed by atoms with Crippen molar-refractivity contribution >= 4 is 7.82 Å². The second kappa shape index (κ2) is 8.61. The Kier molecular flexibility index (Phi) is 7.44. The molecule has 0 aliphatic heterocycles. The highest BCUT2D eigenvalue weighted by atomic mass is 31.2. The lowest BCUT2D eigenvalue weighted by Crippen LogP contribution is -2.24.